The van der Waals surface area contributed by atoms with Gasteiger partial charge in [-0.3, -0.25) is 0 Å². The molecule has 1 aromatic rings. The number of aryl methyl sites for hydroxylation is 1. The van der Waals surface area contributed by atoms with Gasteiger partial charge < -0.3 is 5.32 Å². The predicted molar refractivity (Wildman–Crippen MR) is 71.6 cm³/mol. The third kappa shape index (κ3) is 3.53. The zero-order valence-corrected chi connectivity index (χ0v) is 11.4. The van der Waals surface area contributed by atoms with Crippen LogP contribution in [0.25, 0.3) is 0 Å². The van der Waals surface area contributed by atoms with Crippen molar-refractivity contribution < 1.29 is 4.39 Å². The average Bonchev–Trinajstić information content (AvgIpc) is 2.30. The van der Waals surface area contributed by atoms with E-state index >= 15 is 0 Å². The summed E-state index contributed by atoms with van der Waals surface area (Å²) >= 11 is 0. The number of hydrogen-bond acceptors (Lipinski definition) is 1. The summed E-state index contributed by atoms with van der Waals surface area (Å²) in [7, 11) is 0. The third-order valence-electron chi connectivity index (χ3n) is 3.44. The lowest BCUT2D eigenvalue weighted by molar-refractivity contribution is 0.337. The first-order valence-electron chi connectivity index (χ1n) is 6.63. The Hall–Kier alpha value is -0.890. The number of benzene rings is 1. The van der Waals surface area contributed by atoms with Crippen LogP contribution in [0.1, 0.15) is 50.8 Å². The Morgan fingerprint density at radius 2 is 1.82 bits per heavy atom. The van der Waals surface area contributed by atoms with Crippen LogP contribution < -0.4 is 5.32 Å². The molecule has 1 atom stereocenters. The molecule has 0 saturated carbocycles. The van der Waals surface area contributed by atoms with Crippen LogP contribution in [0.5, 0.6) is 0 Å². The van der Waals surface area contributed by atoms with E-state index in [-0.39, 0.29) is 11.9 Å². The Balaban J connectivity index is 3.03. The van der Waals surface area contributed by atoms with Crippen LogP contribution in [0.4, 0.5) is 4.39 Å². The van der Waals surface area contributed by atoms with Crippen LogP contribution in [0.2, 0.25) is 0 Å². The molecule has 17 heavy (non-hydrogen) atoms. The second-order valence-corrected chi connectivity index (χ2v) is 4.64. The van der Waals surface area contributed by atoms with Crippen molar-refractivity contribution in [3.63, 3.8) is 0 Å². The molecular formula is C15H24FN. The van der Waals surface area contributed by atoms with E-state index in [1.807, 2.05) is 19.1 Å². The molecule has 96 valence electrons. The lowest BCUT2D eigenvalue weighted by atomic mass is 9.88. The Kier molecular flexibility index (Phi) is 5.63. The highest BCUT2D eigenvalue weighted by Crippen LogP contribution is 2.29. The van der Waals surface area contributed by atoms with E-state index in [0.29, 0.717) is 5.92 Å². The van der Waals surface area contributed by atoms with Gasteiger partial charge in [-0.25, -0.2) is 4.39 Å². The zero-order chi connectivity index (χ0) is 12.8. The van der Waals surface area contributed by atoms with E-state index in [1.54, 1.807) is 6.07 Å². The fourth-order valence-corrected chi connectivity index (χ4v) is 2.39. The highest BCUT2D eigenvalue weighted by Gasteiger charge is 2.22. The fourth-order valence-electron chi connectivity index (χ4n) is 2.39. The average molecular weight is 237 g/mol. The molecule has 1 rings (SSSR count). The van der Waals surface area contributed by atoms with Gasteiger partial charge in [0.05, 0.1) is 0 Å². The normalized spacial score (nSPS) is 13.1. The molecule has 0 radical (unpaired) electrons. The first kappa shape index (κ1) is 14.2. The van der Waals surface area contributed by atoms with Gasteiger partial charge in [0.1, 0.15) is 5.82 Å². The molecule has 2 heteroatoms. The van der Waals surface area contributed by atoms with Gasteiger partial charge in [0.2, 0.25) is 0 Å². The third-order valence-corrected chi connectivity index (χ3v) is 3.44. The van der Waals surface area contributed by atoms with Crippen LogP contribution in [-0.4, -0.2) is 6.54 Å². The molecule has 0 spiro atoms. The van der Waals surface area contributed by atoms with Gasteiger partial charge in [-0.15, -0.1) is 0 Å². The van der Waals surface area contributed by atoms with Crippen molar-refractivity contribution in [2.24, 2.45) is 5.92 Å². The second kappa shape index (κ2) is 6.75. The van der Waals surface area contributed by atoms with Gasteiger partial charge in [0, 0.05) is 11.6 Å². The summed E-state index contributed by atoms with van der Waals surface area (Å²) in [4.78, 5) is 0. The van der Waals surface area contributed by atoms with Crippen LogP contribution in [-0.2, 0) is 0 Å². The number of nitrogens with one attached hydrogen (secondary N) is 1. The van der Waals surface area contributed by atoms with Crippen molar-refractivity contribution >= 4 is 0 Å². The SMILES string of the molecule is CCNC(c1ccc(C)cc1F)C(CC)CC. The summed E-state index contributed by atoms with van der Waals surface area (Å²) < 4.78 is 14.0. The fraction of sp³-hybridized carbons (Fsp3) is 0.600. The van der Waals surface area contributed by atoms with Crippen molar-refractivity contribution in [2.75, 3.05) is 6.54 Å². The smallest absolute Gasteiger partial charge is 0.128 e. The Morgan fingerprint density at radius 1 is 1.18 bits per heavy atom. The van der Waals surface area contributed by atoms with Crippen molar-refractivity contribution in [2.45, 2.75) is 46.6 Å². The standard InChI is InChI=1S/C15H24FN/c1-5-12(6-2)15(17-7-3)13-9-8-11(4)10-14(13)16/h8-10,12,15,17H,5-7H2,1-4H3. The number of halogens is 1. The van der Waals surface area contributed by atoms with Crippen LogP contribution in [0.3, 0.4) is 0 Å². The van der Waals surface area contributed by atoms with E-state index in [9.17, 15) is 4.39 Å². The highest BCUT2D eigenvalue weighted by molar-refractivity contribution is 5.26. The van der Waals surface area contributed by atoms with Gasteiger partial charge in [0.15, 0.2) is 0 Å². The summed E-state index contributed by atoms with van der Waals surface area (Å²) in [6.07, 6.45) is 2.14. The highest BCUT2D eigenvalue weighted by atomic mass is 19.1. The topological polar surface area (TPSA) is 12.0 Å². The minimum absolute atomic E-state index is 0.0807. The molecule has 1 unspecified atom stereocenters. The summed E-state index contributed by atoms with van der Waals surface area (Å²) in [6, 6.07) is 5.68. The van der Waals surface area contributed by atoms with E-state index in [4.69, 9.17) is 0 Å². The monoisotopic (exact) mass is 237 g/mol. The molecule has 0 heterocycles. The van der Waals surface area contributed by atoms with E-state index < -0.39 is 0 Å². The minimum atomic E-state index is -0.0807. The lowest BCUT2D eigenvalue weighted by Gasteiger charge is -2.27. The Labute approximate surface area is 104 Å². The summed E-state index contributed by atoms with van der Waals surface area (Å²) in [5.41, 5.74) is 1.79. The van der Waals surface area contributed by atoms with Crippen LogP contribution in [0.15, 0.2) is 18.2 Å². The van der Waals surface area contributed by atoms with Gasteiger partial charge >= 0.3 is 0 Å². The number of hydrogen-bond donors (Lipinski definition) is 1. The first-order valence-corrected chi connectivity index (χ1v) is 6.63. The minimum Gasteiger partial charge on any atom is -0.310 e. The molecule has 0 aliphatic carbocycles. The maximum absolute atomic E-state index is 14.0. The molecule has 0 bridgehead atoms. The van der Waals surface area contributed by atoms with Gasteiger partial charge in [0.25, 0.3) is 0 Å². The molecule has 0 fully saturated rings. The molecule has 1 N–H and O–H groups in total. The van der Waals surface area contributed by atoms with Crippen molar-refractivity contribution in [3.8, 4) is 0 Å². The molecule has 1 aromatic carbocycles. The molecule has 0 saturated heterocycles. The van der Waals surface area contributed by atoms with Gasteiger partial charge in [-0.2, -0.15) is 0 Å². The van der Waals surface area contributed by atoms with Gasteiger partial charge in [-0.1, -0.05) is 45.7 Å². The Morgan fingerprint density at radius 3 is 2.29 bits per heavy atom. The van der Waals surface area contributed by atoms with E-state index in [2.05, 4.69) is 26.1 Å². The maximum atomic E-state index is 14.0. The first-order chi connectivity index (χ1) is 8.13. The summed E-state index contributed by atoms with van der Waals surface area (Å²) in [6.45, 7) is 9.21. The molecular weight excluding hydrogens is 213 g/mol. The van der Waals surface area contributed by atoms with Crippen molar-refractivity contribution in [1.29, 1.82) is 0 Å². The summed E-state index contributed by atoms with van der Waals surface area (Å²) in [5.74, 6) is 0.412. The van der Waals surface area contributed by atoms with Crippen molar-refractivity contribution in [3.05, 3.63) is 35.1 Å². The van der Waals surface area contributed by atoms with Crippen LogP contribution in [0, 0.1) is 18.7 Å². The maximum Gasteiger partial charge on any atom is 0.128 e. The van der Waals surface area contributed by atoms with E-state index in [1.165, 1.54) is 0 Å². The zero-order valence-electron chi connectivity index (χ0n) is 11.4. The van der Waals surface area contributed by atoms with Gasteiger partial charge in [-0.05, 0) is 31.0 Å². The van der Waals surface area contributed by atoms with Crippen molar-refractivity contribution in [1.82, 2.24) is 5.32 Å². The lowest BCUT2D eigenvalue weighted by Crippen LogP contribution is -2.28. The molecule has 0 amide bonds. The molecule has 1 nitrogen and oxygen atoms in total. The molecule has 0 aliphatic rings. The number of rotatable bonds is 6. The molecule has 0 aromatic heterocycles. The second-order valence-electron chi connectivity index (χ2n) is 4.64. The molecule has 0 aliphatic heterocycles. The predicted octanol–water partition coefficient (Wildman–Crippen LogP) is 4.22. The Bertz CT molecular complexity index is 345. The largest absolute Gasteiger partial charge is 0.310 e. The summed E-state index contributed by atoms with van der Waals surface area (Å²) in [5, 5.41) is 3.42. The quantitative estimate of drug-likeness (QED) is 0.781. The van der Waals surface area contributed by atoms with E-state index in [0.717, 1.165) is 30.5 Å². The van der Waals surface area contributed by atoms with Crippen LogP contribution >= 0.6 is 0 Å².